The van der Waals surface area contributed by atoms with E-state index >= 15 is 0 Å². The van der Waals surface area contributed by atoms with Crippen molar-refractivity contribution in [2.24, 2.45) is 0 Å². The normalized spacial score (nSPS) is 11.0. The molecule has 3 aromatic carbocycles. The molecule has 4 nitrogen and oxygen atoms in total. The summed E-state index contributed by atoms with van der Waals surface area (Å²) in [7, 11) is 0. The van der Waals surface area contributed by atoms with Crippen molar-refractivity contribution in [1.29, 1.82) is 5.26 Å². The Morgan fingerprint density at radius 1 is 1.00 bits per heavy atom. The first kappa shape index (κ1) is 17.2. The number of rotatable bonds is 4. The maximum atomic E-state index is 12.4. The molecule has 0 saturated heterocycles. The Bertz CT molecular complexity index is 1040. The van der Waals surface area contributed by atoms with Gasteiger partial charge in [-0.05, 0) is 48.4 Å². The number of fused-ring (bicyclic) bond motifs is 1. The summed E-state index contributed by atoms with van der Waals surface area (Å²) in [4.78, 5) is 12.4. The number of aryl methyl sites for hydroxylation is 2. The molecule has 0 radical (unpaired) electrons. The number of hydrogen-bond donors (Lipinski definition) is 2. The molecular formula is C22H19N3O. The standard InChI is InChI=1S/C22H19N3O/c1-15-7-10-21(16(2)11-15)25-22(26)19(13-23)14-24-20-9-8-17-5-3-4-6-18(17)12-20/h3-12,14,24H,1-2H3,(H,25,26)/b19-14-. The van der Waals surface area contributed by atoms with Crippen LogP contribution >= 0.6 is 0 Å². The van der Waals surface area contributed by atoms with Crippen LogP contribution in [0.25, 0.3) is 10.8 Å². The number of carbonyl (C=O) groups is 1. The van der Waals surface area contributed by atoms with Crippen molar-refractivity contribution >= 4 is 28.1 Å². The first-order chi connectivity index (χ1) is 12.6. The number of amides is 1. The first-order valence-electron chi connectivity index (χ1n) is 8.31. The fourth-order valence-corrected chi connectivity index (χ4v) is 2.73. The van der Waals surface area contributed by atoms with Crippen LogP contribution in [0.15, 0.2) is 72.4 Å². The average Bonchev–Trinajstić information content (AvgIpc) is 2.64. The second-order valence-electron chi connectivity index (χ2n) is 6.15. The number of nitriles is 1. The van der Waals surface area contributed by atoms with Crippen molar-refractivity contribution in [3.05, 3.63) is 83.6 Å². The van der Waals surface area contributed by atoms with E-state index in [1.54, 1.807) is 0 Å². The fraction of sp³-hybridized carbons (Fsp3) is 0.0909. The minimum Gasteiger partial charge on any atom is -0.360 e. The maximum Gasteiger partial charge on any atom is 0.267 e. The van der Waals surface area contributed by atoms with E-state index < -0.39 is 5.91 Å². The SMILES string of the molecule is Cc1ccc(NC(=O)/C(C#N)=C\Nc2ccc3ccccc3c2)c(C)c1. The van der Waals surface area contributed by atoms with Crippen LogP contribution in [0.5, 0.6) is 0 Å². The van der Waals surface area contributed by atoms with E-state index in [-0.39, 0.29) is 5.57 Å². The molecule has 0 saturated carbocycles. The van der Waals surface area contributed by atoms with E-state index in [1.807, 2.05) is 80.6 Å². The highest BCUT2D eigenvalue weighted by atomic mass is 16.1. The first-order valence-corrected chi connectivity index (χ1v) is 8.31. The Labute approximate surface area is 152 Å². The summed E-state index contributed by atoms with van der Waals surface area (Å²) < 4.78 is 0. The van der Waals surface area contributed by atoms with Crippen molar-refractivity contribution in [1.82, 2.24) is 0 Å². The summed E-state index contributed by atoms with van der Waals surface area (Å²) in [6, 6.07) is 21.6. The van der Waals surface area contributed by atoms with E-state index in [9.17, 15) is 10.1 Å². The molecule has 0 heterocycles. The highest BCUT2D eigenvalue weighted by Gasteiger charge is 2.10. The van der Waals surface area contributed by atoms with Gasteiger partial charge in [-0.15, -0.1) is 0 Å². The van der Waals surface area contributed by atoms with Gasteiger partial charge in [-0.1, -0.05) is 48.0 Å². The molecule has 0 unspecified atom stereocenters. The number of anilines is 2. The molecule has 0 aliphatic heterocycles. The van der Waals surface area contributed by atoms with Crippen LogP contribution in [-0.2, 0) is 4.79 Å². The topological polar surface area (TPSA) is 64.9 Å². The van der Waals surface area contributed by atoms with Gasteiger partial charge >= 0.3 is 0 Å². The highest BCUT2D eigenvalue weighted by Crippen LogP contribution is 2.20. The quantitative estimate of drug-likeness (QED) is 0.523. The second kappa shape index (κ2) is 7.54. The minimum atomic E-state index is -0.437. The molecule has 0 aliphatic rings. The molecule has 3 rings (SSSR count). The summed E-state index contributed by atoms with van der Waals surface area (Å²) in [5, 5.41) is 17.4. The Morgan fingerprint density at radius 2 is 1.77 bits per heavy atom. The zero-order valence-corrected chi connectivity index (χ0v) is 14.7. The van der Waals surface area contributed by atoms with Crippen LogP contribution < -0.4 is 10.6 Å². The predicted octanol–water partition coefficient (Wildman–Crippen LogP) is 4.91. The molecule has 0 atom stereocenters. The Balaban J connectivity index is 1.76. The van der Waals surface area contributed by atoms with Crippen LogP contribution in [0.3, 0.4) is 0 Å². The molecule has 2 N–H and O–H groups in total. The van der Waals surface area contributed by atoms with Gasteiger partial charge in [-0.3, -0.25) is 4.79 Å². The fourth-order valence-electron chi connectivity index (χ4n) is 2.73. The molecule has 0 fully saturated rings. The molecule has 3 aromatic rings. The number of nitrogens with zero attached hydrogens (tertiary/aromatic N) is 1. The summed E-state index contributed by atoms with van der Waals surface area (Å²) in [6.45, 7) is 3.92. The molecule has 0 aromatic heterocycles. The van der Waals surface area contributed by atoms with Gasteiger partial charge in [0.1, 0.15) is 11.6 Å². The van der Waals surface area contributed by atoms with Crippen molar-refractivity contribution < 1.29 is 4.79 Å². The molecule has 4 heteroatoms. The predicted molar refractivity (Wildman–Crippen MR) is 106 cm³/mol. The largest absolute Gasteiger partial charge is 0.360 e. The Morgan fingerprint density at radius 3 is 2.50 bits per heavy atom. The van der Waals surface area contributed by atoms with Gasteiger partial charge in [-0.2, -0.15) is 5.26 Å². The smallest absolute Gasteiger partial charge is 0.267 e. The van der Waals surface area contributed by atoms with Gasteiger partial charge in [0, 0.05) is 17.6 Å². The average molecular weight is 341 g/mol. The third-order valence-electron chi connectivity index (χ3n) is 4.13. The monoisotopic (exact) mass is 341 g/mol. The number of hydrogen-bond acceptors (Lipinski definition) is 3. The molecule has 0 spiro atoms. The van der Waals surface area contributed by atoms with Gasteiger partial charge in [-0.25, -0.2) is 0 Å². The molecule has 128 valence electrons. The molecular weight excluding hydrogens is 322 g/mol. The summed E-state index contributed by atoms with van der Waals surface area (Å²) >= 11 is 0. The van der Waals surface area contributed by atoms with E-state index in [2.05, 4.69) is 10.6 Å². The third kappa shape index (κ3) is 3.90. The summed E-state index contributed by atoms with van der Waals surface area (Å²) in [5.74, 6) is -0.437. The number of carbonyl (C=O) groups excluding carboxylic acids is 1. The van der Waals surface area contributed by atoms with Crippen LogP contribution in [0.4, 0.5) is 11.4 Å². The highest BCUT2D eigenvalue weighted by molar-refractivity contribution is 6.07. The third-order valence-corrected chi connectivity index (χ3v) is 4.13. The van der Waals surface area contributed by atoms with E-state index in [1.165, 1.54) is 6.20 Å². The number of benzene rings is 3. The summed E-state index contributed by atoms with van der Waals surface area (Å²) in [5.41, 5.74) is 3.61. The minimum absolute atomic E-state index is 0.0122. The second-order valence-corrected chi connectivity index (χ2v) is 6.15. The lowest BCUT2D eigenvalue weighted by Gasteiger charge is -2.09. The summed E-state index contributed by atoms with van der Waals surface area (Å²) in [6.07, 6.45) is 1.43. The van der Waals surface area contributed by atoms with Crippen LogP contribution in [-0.4, -0.2) is 5.91 Å². The number of nitrogens with one attached hydrogen (secondary N) is 2. The van der Waals surface area contributed by atoms with Crippen LogP contribution in [0.1, 0.15) is 11.1 Å². The van der Waals surface area contributed by atoms with Gasteiger partial charge in [0.2, 0.25) is 0 Å². The van der Waals surface area contributed by atoms with Gasteiger partial charge < -0.3 is 10.6 Å². The van der Waals surface area contributed by atoms with Crippen molar-refractivity contribution in [2.45, 2.75) is 13.8 Å². The van der Waals surface area contributed by atoms with Crippen LogP contribution in [0.2, 0.25) is 0 Å². The zero-order chi connectivity index (χ0) is 18.5. The zero-order valence-electron chi connectivity index (χ0n) is 14.7. The van der Waals surface area contributed by atoms with E-state index in [0.29, 0.717) is 5.69 Å². The molecule has 26 heavy (non-hydrogen) atoms. The van der Waals surface area contributed by atoms with Gasteiger partial charge in [0.05, 0.1) is 0 Å². The Hall–Kier alpha value is -3.58. The van der Waals surface area contributed by atoms with Crippen molar-refractivity contribution in [3.8, 4) is 6.07 Å². The Kier molecular flexibility index (Phi) is 5.00. The molecule has 0 aliphatic carbocycles. The van der Waals surface area contributed by atoms with Crippen molar-refractivity contribution in [2.75, 3.05) is 10.6 Å². The van der Waals surface area contributed by atoms with E-state index in [4.69, 9.17) is 0 Å². The van der Waals surface area contributed by atoms with E-state index in [0.717, 1.165) is 27.6 Å². The van der Waals surface area contributed by atoms with Crippen molar-refractivity contribution in [3.63, 3.8) is 0 Å². The lowest BCUT2D eigenvalue weighted by atomic mass is 10.1. The maximum absolute atomic E-state index is 12.4. The molecule has 0 bridgehead atoms. The lowest BCUT2D eigenvalue weighted by Crippen LogP contribution is -2.15. The van der Waals surface area contributed by atoms with Gasteiger partial charge in [0.15, 0.2) is 0 Å². The van der Waals surface area contributed by atoms with Crippen LogP contribution in [0, 0.1) is 25.2 Å². The van der Waals surface area contributed by atoms with Gasteiger partial charge in [0.25, 0.3) is 5.91 Å². The lowest BCUT2D eigenvalue weighted by molar-refractivity contribution is -0.112. The molecule has 1 amide bonds.